The van der Waals surface area contributed by atoms with E-state index in [1.807, 2.05) is 7.11 Å². The van der Waals surface area contributed by atoms with E-state index in [1.54, 1.807) is 0 Å². The van der Waals surface area contributed by atoms with E-state index in [4.69, 9.17) is 4.74 Å². The van der Waals surface area contributed by atoms with Gasteiger partial charge in [0, 0.05) is 31.3 Å². The van der Waals surface area contributed by atoms with Gasteiger partial charge in [0.25, 0.3) is 0 Å². The van der Waals surface area contributed by atoms with Crippen molar-refractivity contribution in [2.75, 3.05) is 26.8 Å². The van der Waals surface area contributed by atoms with Crippen molar-refractivity contribution in [1.82, 2.24) is 10.2 Å². The smallest absolute Gasteiger partial charge is 0.0724 e. The molecule has 4 unspecified atom stereocenters. The number of piperidine rings is 1. The van der Waals surface area contributed by atoms with Gasteiger partial charge in [-0.15, -0.1) is 0 Å². The number of aliphatic hydroxyl groups excluding tert-OH is 1. The van der Waals surface area contributed by atoms with Crippen LogP contribution in [0, 0.1) is 5.92 Å². The first kappa shape index (κ1) is 15.7. The molecule has 2 N–H and O–H groups in total. The topological polar surface area (TPSA) is 44.7 Å². The summed E-state index contributed by atoms with van der Waals surface area (Å²) in [5.41, 5.74) is -0.0181. The first-order chi connectivity index (χ1) is 10.2. The van der Waals surface area contributed by atoms with Crippen LogP contribution in [-0.4, -0.2) is 60.5 Å². The molecule has 0 aromatic carbocycles. The summed E-state index contributed by atoms with van der Waals surface area (Å²) in [6, 6.07) is 1.28. The minimum Gasteiger partial charge on any atom is -0.394 e. The number of nitrogens with one attached hydrogen (secondary N) is 1. The lowest BCUT2D eigenvalue weighted by atomic mass is 9.78. The lowest BCUT2D eigenvalue weighted by molar-refractivity contribution is -0.0351. The van der Waals surface area contributed by atoms with E-state index >= 15 is 0 Å². The average Bonchev–Trinajstić information content (AvgIpc) is 3.32. The maximum Gasteiger partial charge on any atom is 0.0724 e. The Labute approximate surface area is 129 Å². The average molecular weight is 296 g/mol. The molecule has 0 aromatic rings. The molecule has 21 heavy (non-hydrogen) atoms. The molecule has 2 aliphatic carbocycles. The quantitative estimate of drug-likeness (QED) is 0.811. The number of likely N-dealkylation sites (tertiary alicyclic amines) is 1. The second-order valence-corrected chi connectivity index (χ2v) is 7.64. The highest BCUT2D eigenvalue weighted by atomic mass is 16.5. The van der Waals surface area contributed by atoms with Gasteiger partial charge < -0.3 is 15.2 Å². The van der Waals surface area contributed by atoms with E-state index in [2.05, 4.69) is 17.1 Å². The van der Waals surface area contributed by atoms with Gasteiger partial charge in [0.05, 0.1) is 12.7 Å². The van der Waals surface area contributed by atoms with Gasteiger partial charge in [-0.2, -0.15) is 0 Å². The van der Waals surface area contributed by atoms with Crippen LogP contribution in [0.5, 0.6) is 0 Å². The van der Waals surface area contributed by atoms with Crippen molar-refractivity contribution in [1.29, 1.82) is 0 Å². The molecule has 3 aliphatic rings. The van der Waals surface area contributed by atoms with Crippen LogP contribution in [0.25, 0.3) is 0 Å². The largest absolute Gasteiger partial charge is 0.394 e. The van der Waals surface area contributed by atoms with Crippen molar-refractivity contribution in [3.63, 3.8) is 0 Å². The van der Waals surface area contributed by atoms with Crippen molar-refractivity contribution in [2.45, 2.75) is 75.6 Å². The standard InChI is InChI=1S/C17H32N2O2/c1-13-7-9-19(11-16(13)21-2)15-4-3-8-17(10-15,12-20)18-14-5-6-14/h13-16,18,20H,3-12H2,1-2H3. The van der Waals surface area contributed by atoms with Gasteiger partial charge in [-0.3, -0.25) is 4.90 Å². The molecule has 4 atom stereocenters. The minimum atomic E-state index is -0.0181. The lowest BCUT2D eigenvalue weighted by Gasteiger charge is -2.47. The molecule has 4 nitrogen and oxygen atoms in total. The highest BCUT2D eigenvalue weighted by molar-refractivity contribution is 5.01. The summed E-state index contributed by atoms with van der Waals surface area (Å²) in [6.45, 7) is 4.85. The van der Waals surface area contributed by atoms with Gasteiger partial charge in [-0.05, 0) is 57.4 Å². The highest BCUT2D eigenvalue weighted by Gasteiger charge is 2.42. The van der Waals surface area contributed by atoms with Crippen molar-refractivity contribution in [2.24, 2.45) is 5.92 Å². The third-order valence-corrected chi connectivity index (χ3v) is 5.95. The summed E-state index contributed by atoms with van der Waals surface area (Å²) in [4.78, 5) is 2.63. The molecule has 0 aromatic heterocycles. The maximum atomic E-state index is 9.97. The Morgan fingerprint density at radius 3 is 2.76 bits per heavy atom. The van der Waals surface area contributed by atoms with Crippen LogP contribution >= 0.6 is 0 Å². The van der Waals surface area contributed by atoms with E-state index in [0.29, 0.717) is 24.1 Å². The monoisotopic (exact) mass is 296 g/mol. The van der Waals surface area contributed by atoms with E-state index in [9.17, 15) is 5.11 Å². The van der Waals surface area contributed by atoms with Crippen LogP contribution in [0.3, 0.4) is 0 Å². The Morgan fingerprint density at radius 2 is 2.10 bits per heavy atom. The third kappa shape index (κ3) is 3.61. The van der Waals surface area contributed by atoms with Crippen LogP contribution < -0.4 is 5.32 Å². The Morgan fingerprint density at radius 1 is 1.29 bits per heavy atom. The first-order valence-electron chi connectivity index (χ1n) is 8.81. The lowest BCUT2D eigenvalue weighted by Crippen LogP contribution is -2.58. The molecule has 1 heterocycles. The van der Waals surface area contributed by atoms with E-state index < -0.39 is 0 Å². The molecule has 3 rings (SSSR count). The molecule has 4 heteroatoms. The molecule has 122 valence electrons. The molecule has 2 saturated carbocycles. The van der Waals surface area contributed by atoms with Crippen LogP contribution in [0.15, 0.2) is 0 Å². The predicted octanol–water partition coefficient (Wildman–Crippen LogP) is 1.77. The number of methoxy groups -OCH3 is 1. The summed E-state index contributed by atoms with van der Waals surface area (Å²) in [5.74, 6) is 0.669. The highest BCUT2D eigenvalue weighted by Crippen LogP contribution is 2.36. The SMILES string of the molecule is COC1CN(C2CCCC(CO)(NC3CC3)C2)CCC1C. The van der Waals surface area contributed by atoms with Gasteiger partial charge in [-0.25, -0.2) is 0 Å². The van der Waals surface area contributed by atoms with Gasteiger partial charge in [-0.1, -0.05) is 6.92 Å². The van der Waals surface area contributed by atoms with Crippen LogP contribution in [0.2, 0.25) is 0 Å². The minimum absolute atomic E-state index is 0.0181. The van der Waals surface area contributed by atoms with Gasteiger partial charge >= 0.3 is 0 Å². The predicted molar refractivity (Wildman–Crippen MR) is 84.4 cm³/mol. The summed E-state index contributed by atoms with van der Waals surface area (Å²) in [7, 11) is 1.85. The second kappa shape index (κ2) is 6.53. The Bertz CT molecular complexity index is 348. The number of rotatable bonds is 5. The summed E-state index contributed by atoms with van der Waals surface area (Å²) < 4.78 is 5.67. The number of nitrogens with zero attached hydrogens (tertiary/aromatic N) is 1. The van der Waals surface area contributed by atoms with Crippen molar-refractivity contribution in [3.05, 3.63) is 0 Å². The molecule has 0 amide bonds. The number of hydrogen-bond donors (Lipinski definition) is 2. The van der Waals surface area contributed by atoms with E-state index in [0.717, 1.165) is 19.4 Å². The summed E-state index contributed by atoms with van der Waals surface area (Å²) in [5, 5.41) is 13.7. The molecule has 3 fully saturated rings. The van der Waals surface area contributed by atoms with Crippen LogP contribution in [-0.2, 0) is 4.74 Å². The fourth-order valence-electron chi connectivity index (χ4n) is 4.32. The zero-order valence-electron chi connectivity index (χ0n) is 13.7. The maximum absolute atomic E-state index is 9.97. The molecule has 1 saturated heterocycles. The molecule has 0 bridgehead atoms. The zero-order chi connectivity index (χ0) is 14.9. The normalized spacial score (nSPS) is 42.1. The molecule has 0 spiro atoms. The van der Waals surface area contributed by atoms with Gasteiger partial charge in [0.1, 0.15) is 0 Å². The Balaban J connectivity index is 1.62. The van der Waals surface area contributed by atoms with Crippen molar-refractivity contribution >= 4 is 0 Å². The van der Waals surface area contributed by atoms with Crippen molar-refractivity contribution < 1.29 is 9.84 Å². The van der Waals surface area contributed by atoms with Crippen molar-refractivity contribution in [3.8, 4) is 0 Å². The molecular weight excluding hydrogens is 264 g/mol. The zero-order valence-corrected chi connectivity index (χ0v) is 13.7. The molecular formula is C17H32N2O2. The summed E-state index contributed by atoms with van der Waals surface area (Å²) in [6.07, 6.45) is 8.93. The third-order valence-electron chi connectivity index (χ3n) is 5.95. The van der Waals surface area contributed by atoms with Gasteiger partial charge in [0.2, 0.25) is 0 Å². The van der Waals surface area contributed by atoms with Crippen LogP contribution in [0.4, 0.5) is 0 Å². The second-order valence-electron chi connectivity index (χ2n) is 7.64. The Hall–Kier alpha value is -0.160. The Kier molecular flexibility index (Phi) is 4.89. The number of hydrogen-bond acceptors (Lipinski definition) is 4. The molecule has 1 aliphatic heterocycles. The summed E-state index contributed by atoms with van der Waals surface area (Å²) >= 11 is 0. The molecule has 0 radical (unpaired) electrons. The number of aliphatic hydroxyl groups is 1. The van der Waals surface area contributed by atoms with E-state index in [-0.39, 0.29) is 12.1 Å². The number of ether oxygens (including phenoxy) is 1. The van der Waals surface area contributed by atoms with Gasteiger partial charge in [0.15, 0.2) is 0 Å². The van der Waals surface area contributed by atoms with E-state index in [1.165, 1.54) is 38.6 Å². The van der Waals surface area contributed by atoms with Crippen LogP contribution in [0.1, 0.15) is 51.9 Å². The first-order valence-corrected chi connectivity index (χ1v) is 8.81. The fourth-order valence-corrected chi connectivity index (χ4v) is 4.32. The fraction of sp³-hybridized carbons (Fsp3) is 1.00.